The molecule has 5 rings (SSSR count). The third-order valence-electron chi connectivity index (χ3n) is 5.98. The van der Waals surface area contributed by atoms with E-state index in [4.69, 9.17) is 9.97 Å². The molecule has 1 saturated heterocycles. The van der Waals surface area contributed by atoms with E-state index in [0.717, 1.165) is 50.5 Å². The van der Waals surface area contributed by atoms with Crippen molar-refractivity contribution in [2.24, 2.45) is 0 Å². The molecule has 0 aliphatic carbocycles. The van der Waals surface area contributed by atoms with Crippen LogP contribution in [0.5, 0.6) is 0 Å². The minimum Gasteiger partial charge on any atom is -0.365 e. The Labute approximate surface area is 166 Å². The summed E-state index contributed by atoms with van der Waals surface area (Å²) < 4.78 is 0. The number of hydrogen-bond acceptors (Lipinski definition) is 5. The third kappa shape index (κ3) is 3.16. The molecule has 142 valence electrons. The first-order valence-electron chi connectivity index (χ1n) is 9.96. The van der Waals surface area contributed by atoms with Gasteiger partial charge in [0.25, 0.3) is 0 Å². The maximum absolute atomic E-state index is 4.84. The molecule has 5 heteroatoms. The summed E-state index contributed by atoms with van der Waals surface area (Å²) in [5.74, 6) is 0. The maximum Gasteiger partial charge on any atom is 0.0729 e. The summed E-state index contributed by atoms with van der Waals surface area (Å²) in [7, 11) is 0. The van der Waals surface area contributed by atoms with Crippen molar-refractivity contribution in [3.63, 3.8) is 0 Å². The van der Waals surface area contributed by atoms with Crippen LogP contribution in [-0.4, -0.2) is 39.5 Å². The van der Waals surface area contributed by atoms with Crippen LogP contribution >= 0.6 is 0 Å². The number of aryl methyl sites for hydroxylation is 1. The second-order valence-corrected chi connectivity index (χ2v) is 8.10. The quantitative estimate of drug-likeness (QED) is 0.704. The average molecular weight is 371 g/mol. The molecular weight excluding hydrogens is 346 g/mol. The van der Waals surface area contributed by atoms with Crippen molar-refractivity contribution in [1.82, 2.24) is 19.9 Å². The van der Waals surface area contributed by atoms with Crippen molar-refractivity contribution in [2.75, 3.05) is 24.5 Å². The van der Waals surface area contributed by atoms with Crippen LogP contribution in [0.15, 0.2) is 61.1 Å². The fourth-order valence-electron chi connectivity index (χ4n) is 4.77. The molecule has 0 saturated carbocycles. The molecule has 0 radical (unpaired) electrons. The SMILES string of the molecule is Cc1cccc(CN2CC[C@]3(C2)CN(Cc2cccnc2)c2cccnc23)n1. The van der Waals surface area contributed by atoms with E-state index in [-0.39, 0.29) is 5.41 Å². The van der Waals surface area contributed by atoms with Gasteiger partial charge in [-0.15, -0.1) is 0 Å². The molecule has 5 heterocycles. The van der Waals surface area contributed by atoms with Gasteiger partial charge in [-0.1, -0.05) is 12.1 Å². The van der Waals surface area contributed by atoms with Gasteiger partial charge in [0.05, 0.1) is 17.1 Å². The number of rotatable bonds is 4. The van der Waals surface area contributed by atoms with E-state index in [1.54, 1.807) is 0 Å². The number of anilines is 1. The zero-order chi connectivity index (χ0) is 19.0. The largest absolute Gasteiger partial charge is 0.365 e. The Morgan fingerprint density at radius 1 is 1.00 bits per heavy atom. The Morgan fingerprint density at radius 2 is 1.93 bits per heavy atom. The minimum absolute atomic E-state index is 0.114. The Hall–Kier alpha value is -2.79. The fourth-order valence-corrected chi connectivity index (χ4v) is 4.77. The summed E-state index contributed by atoms with van der Waals surface area (Å²) in [5.41, 5.74) is 6.14. The highest BCUT2D eigenvalue weighted by Gasteiger charge is 2.48. The highest BCUT2D eigenvalue weighted by molar-refractivity contribution is 5.60. The molecule has 2 aliphatic rings. The molecule has 28 heavy (non-hydrogen) atoms. The molecule has 0 amide bonds. The van der Waals surface area contributed by atoms with Gasteiger partial charge < -0.3 is 4.90 Å². The lowest BCUT2D eigenvalue weighted by Gasteiger charge is -2.26. The van der Waals surface area contributed by atoms with Crippen molar-refractivity contribution in [3.05, 3.63) is 83.7 Å². The van der Waals surface area contributed by atoms with Crippen LogP contribution in [0.3, 0.4) is 0 Å². The number of nitrogens with zero attached hydrogens (tertiary/aromatic N) is 5. The van der Waals surface area contributed by atoms with Crippen LogP contribution in [-0.2, 0) is 18.5 Å². The van der Waals surface area contributed by atoms with Crippen LogP contribution < -0.4 is 4.90 Å². The van der Waals surface area contributed by atoms with Crippen molar-refractivity contribution in [2.45, 2.75) is 31.8 Å². The van der Waals surface area contributed by atoms with E-state index < -0.39 is 0 Å². The molecular formula is C23H25N5. The summed E-state index contributed by atoms with van der Waals surface area (Å²) in [6.07, 6.45) is 6.88. The maximum atomic E-state index is 4.84. The first-order valence-corrected chi connectivity index (χ1v) is 9.96. The van der Waals surface area contributed by atoms with Gasteiger partial charge in [-0.2, -0.15) is 0 Å². The van der Waals surface area contributed by atoms with Crippen molar-refractivity contribution in [1.29, 1.82) is 0 Å². The third-order valence-corrected chi connectivity index (χ3v) is 5.98. The molecule has 2 aliphatic heterocycles. The topological polar surface area (TPSA) is 45.2 Å². The Balaban J connectivity index is 1.38. The second-order valence-electron chi connectivity index (χ2n) is 8.10. The van der Waals surface area contributed by atoms with Gasteiger partial charge in [0.15, 0.2) is 0 Å². The standard InChI is InChI=1S/C23H25N5/c1-18-5-2-7-20(26-18)15-27-12-9-23(16-27)17-28(14-19-6-3-10-24-13-19)21-8-4-11-25-22(21)23/h2-8,10-11,13H,9,12,14-17H2,1H3/t23-/m0/s1. The van der Waals surface area contributed by atoms with Crippen LogP contribution in [0.25, 0.3) is 0 Å². The summed E-state index contributed by atoms with van der Waals surface area (Å²) in [6, 6.07) is 14.7. The highest BCUT2D eigenvalue weighted by Crippen LogP contribution is 2.45. The van der Waals surface area contributed by atoms with Gasteiger partial charge in [0.2, 0.25) is 0 Å². The van der Waals surface area contributed by atoms with E-state index >= 15 is 0 Å². The molecule has 5 nitrogen and oxygen atoms in total. The van der Waals surface area contributed by atoms with Crippen LogP contribution in [0.4, 0.5) is 5.69 Å². The molecule has 1 atom stereocenters. The summed E-state index contributed by atoms with van der Waals surface area (Å²) in [5, 5.41) is 0. The van der Waals surface area contributed by atoms with Crippen molar-refractivity contribution in [3.8, 4) is 0 Å². The predicted molar refractivity (Wildman–Crippen MR) is 110 cm³/mol. The van der Waals surface area contributed by atoms with E-state index in [1.165, 1.54) is 16.9 Å². The Kier molecular flexibility index (Phi) is 4.32. The molecule has 0 bridgehead atoms. The van der Waals surface area contributed by atoms with Crippen molar-refractivity contribution < 1.29 is 0 Å². The number of likely N-dealkylation sites (tertiary alicyclic amines) is 1. The first kappa shape index (κ1) is 17.3. The molecule has 0 N–H and O–H groups in total. The molecule has 3 aromatic heterocycles. The van der Waals surface area contributed by atoms with Crippen LogP contribution in [0.1, 0.15) is 29.1 Å². The normalized spacial score (nSPS) is 21.4. The van der Waals surface area contributed by atoms with Gasteiger partial charge >= 0.3 is 0 Å². The van der Waals surface area contributed by atoms with Crippen LogP contribution in [0.2, 0.25) is 0 Å². The summed E-state index contributed by atoms with van der Waals surface area (Å²) in [6.45, 7) is 7.00. The predicted octanol–water partition coefficient (Wildman–Crippen LogP) is 3.34. The van der Waals surface area contributed by atoms with Gasteiger partial charge in [-0.05, 0) is 55.8 Å². The van der Waals surface area contributed by atoms with E-state index in [2.05, 4.69) is 58.1 Å². The summed E-state index contributed by atoms with van der Waals surface area (Å²) >= 11 is 0. The molecule has 3 aromatic rings. The number of pyridine rings is 3. The molecule has 1 fully saturated rings. The van der Waals surface area contributed by atoms with Gasteiger partial charge in [0, 0.05) is 55.9 Å². The molecule has 0 aromatic carbocycles. The fraction of sp³-hybridized carbons (Fsp3) is 0.348. The lowest BCUT2D eigenvalue weighted by atomic mass is 9.85. The van der Waals surface area contributed by atoms with Gasteiger partial charge in [-0.3, -0.25) is 19.9 Å². The highest BCUT2D eigenvalue weighted by atomic mass is 15.2. The lowest BCUT2D eigenvalue weighted by molar-refractivity contribution is 0.301. The Morgan fingerprint density at radius 3 is 2.79 bits per heavy atom. The number of aromatic nitrogens is 3. The second kappa shape index (κ2) is 6.99. The van der Waals surface area contributed by atoms with Gasteiger partial charge in [-0.25, -0.2) is 0 Å². The molecule has 0 unspecified atom stereocenters. The summed E-state index contributed by atoms with van der Waals surface area (Å²) in [4.78, 5) is 18.8. The van der Waals surface area contributed by atoms with Crippen molar-refractivity contribution >= 4 is 5.69 Å². The van der Waals surface area contributed by atoms with E-state index in [9.17, 15) is 0 Å². The average Bonchev–Trinajstić information content (AvgIpc) is 3.25. The zero-order valence-corrected chi connectivity index (χ0v) is 16.3. The zero-order valence-electron chi connectivity index (χ0n) is 16.3. The number of hydrogen-bond donors (Lipinski definition) is 0. The number of fused-ring (bicyclic) bond motifs is 2. The van der Waals surface area contributed by atoms with Gasteiger partial charge in [0.1, 0.15) is 0 Å². The van der Waals surface area contributed by atoms with E-state index in [1.807, 2.05) is 24.7 Å². The molecule has 1 spiro atoms. The van der Waals surface area contributed by atoms with E-state index in [0.29, 0.717) is 0 Å². The monoisotopic (exact) mass is 371 g/mol. The van der Waals surface area contributed by atoms with Crippen LogP contribution in [0, 0.1) is 6.92 Å². The Bertz CT molecular complexity index is 973. The smallest absolute Gasteiger partial charge is 0.0729 e. The minimum atomic E-state index is 0.114. The first-order chi connectivity index (χ1) is 13.7. The lowest BCUT2D eigenvalue weighted by Crippen LogP contribution is -2.36.